The Bertz CT molecular complexity index is 374. The van der Waals surface area contributed by atoms with Gasteiger partial charge in [-0.3, -0.25) is 0 Å². The van der Waals surface area contributed by atoms with Gasteiger partial charge in [0.25, 0.3) is 0 Å². The smallest absolute Gasteiger partial charge is 0.120 e. The van der Waals surface area contributed by atoms with Crippen LogP contribution in [0.1, 0.15) is 18.9 Å². The van der Waals surface area contributed by atoms with Crippen LogP contribution < -0.4 is 10.1 Å². The van der Waals surface area contributed by atoms with Gasteiger partial charge in [0.15, 0.2) is 0 Å². The normalized spacial score (nSPS) is 9.81. The number of hydrogen-bond donors (Lipinski definition) is 1. The molecule has 0 heterocycles. The lowest BCUT2D eigenvalue weighted by atomic mass is 10.2. The Morgan fingerprint density at radius 2 is 2.25 bits per heavy atom. The van der Waals surface area contributed by atoms with Crippen molar-refractivity contribution in [2.24, 2.45) is 0 Å². The van der Waals surface area contributed by atoms with Gasteiger partial charge in [-0.15, -0.1) is 0 Å². The molecule has 0 aliphatic heterocycles. The van der Waals surface area contributed by atoms with Crippen LogP contribution in [0.15, 0.2) is 22.7 Å². The summed E-state index contributed by atoms with van der Waals surface area (Å²) in [6.07, 6.45) is 1.13. The monoisotopic (exact) mass is 282 g/mol. The fourth-order valence-electron chi connectivity index (χ4n) is 1.22. The number of nitriles is 1. The zero-order valence-corrected chi connectivity index (χ0v) is 10.9. The molecule has 1 N–H and O–H groups in total. The summed E-state index contributed by atoms with van der Waals surface area (Å²) >= 11 is 3.32. The Hall–Kier alpha value is -1.05. The molecule has 1 aromatic rings. The van der Waals surface area contributed by atoms with Crippen molar-refractivity contribution in [2.45, 2.75) is 13.3 Å². The first-order valence-electron chi connectivity index (χ1n) is 5.31. The van der Waals surface area contributed by atoms with Gasteiger partial charge >= 0.3 is 0 Å². The molecule has 1 aromatic carbocycles. The first-order chi connectivity index (χ1) is 7.77. The van der Waals surface area contributed by atoms with Gasteiger partial charge in [-0.2, -0.15) is 5.26 Å². The number of benzene rings is 1. The molecule has 0 bridgehead atoms. The highest BCUT2D eigenvalue weighted by atomic mass is 79.9. The Balaban J connectivity index is 2.38. The highest BCUT2D eigenvalue weighted by Crippen LogP contribution is 2.22. The third-order valence-electron chi connectivity index (χ3n) is 2.04. The summed E-state index contributed by atoms with van der Waals surface area (Å²) in [7, 11) is 0. The van der Waals surface area contributed by atoms with E-state index in [0.29, 0.717) is 12.2 Å². The van der Waals surface area contributed by atoms with Crippen LogP contribution in [-0.4, -0.2) is 19.7 Å². The lowest BCUT2D eigenvalue weighted by Gasteiger charge is -2.07. The molecule has 86 valence electrons. The molecule has 0 saturated heterocycles. The van der Waals surface area contributed by atoms with Gasteiger partial charge < -0.3 is 10.1 Å². The van der Waals surface area contributed by atoms with Crippen molar-refractivity contribution in [3.8, 4) is 11.8 Å². The standard InChI is InChI=1S/C12H15BrN2O/c1-2-5-15-6-7-16-11-4-3-10(9-14)12(13)8-11/h3-4,8,15H,2,5-7H2,1H3. The van der Waals surface area contributed by atoms with E-state index in [1.165, 1.54) is 0 Å². The van der Waals surface area contributed by atoms with E-state index in [4.69, 9.17) is 10.00 Å². The van der Waals surface area contributed by atoms with Crippen molar-refractivity contribution >= 4 is 15.9 Å². The van der Waals surface area contributed by atoms with Gasteiger partial charge in [-0.1, -0.05) is 6.92 Å². The summed E-state index contributed by atoms with van der Waals surface area (Å²) in [6, 6.07) is 7.47. The molecule has 0 amide bonds. The minimum atomic E-state index is 0.622. The van der Waals surface area contributed by atoms with E-state index < -0.39 is 0 Å². The second-order valence-electron chi connectivity index (χ2n) is 3.35. The molecule has 16 heavy (non-hydrogen) atoms. The van der Waals surface area contributed by atoms with Crippen LogP contribution in [0.25, 0.3) is 0 Å². The summed E-state index contributed by atoms with van der Waals surface area (Å²) in [5.74, 6) is 0.782. The highest BCUT2D eigenvalue weighted by molar-refractivity contribution is 9.10. The van der Waals surface area contributed by atoms with E-state index in [1.807, 2.05) is 12.1 Å². The molecule has 1 rings (SSSR count). The average Bonchev–Trinajstić information content (AvgIpc) is 2.29. The number of hydrogen-bond acceptors (Lipinski definition) is 3. The van der Waals surface area contributed by atoms with Crippen molar-refractivity contribution < 1.29 is 4.74 Å². The molecular formula is C12H15BrN2O. The summed E-state index contributed by atoms with van der Waals surface area (Å²) in [5, 5.41) is 12.0. The van der Waals surface area contributed by atoms with Crippen molar-refractivity contribution in [2.75, 3.05) is 19.7 Å². The van der Waals surface area contributed by atoms with E-state index in [9.17, 15) is 0 Å². The number of ether oxygens (including phenoxy) is 1. The maximum atomic E-state index is 8.75. The van der Waals surface area contributed by atoms with Crippen molar-refractivity contribution in [3.05, 3.63) is 28.2 Å². The molecule has 0 saturated carbocycles. The van der Waals surface area contributed by atoms with E-state index in [-0.39, 0.29) is 0 Å². The maximum Gasteiger partial charge on any atom is 0.120 e. The van der Waals surface area contributed by atoms with Gasteiger partial charge in [0.05, 0.1) is 5.56 Å². The topological polar surface area (TPSA) is 45.0 Å². The highest BCUT2D eigenvalue weighted by Gasteiger charge is 2.00. The third kappa shape index (κ3) is 4.21. The zero-order valence-electron chi connectivity index (χ0n) is 9.29. The molecule has 0 aliphatic carbocycles. The minimum absolute atomic E-state index is 0.622. The first kappa shape index (κ1) is 13.0. The zero-order chi connectivity index (χ0) is 11.8. The van der Waals surface area contributed by atoms with E-state index >= 15 is 0 Å². The van der Waals surface area contributed by atoms with Crippen LogP contribution in [0.3, 0.4) is 0 Å². The molecule has 0 spiro atoms. The van der Waals surface area contributed by atoms with Crippen LogP contribution >= 0.6 is 15.9 Å². The molecule has 0 unspecified atom stereocenters. The lowest BCUT2D eigenvalue weighted by molar-refractivity contribution is 0.314. The number of nitrogens with one attached hydrogen (secondary N) is 1. The van der Waals surface area contributed by atoms with E-state index in [2.05, 4.69) is 34.2 Å². The molecule has 0 fully saturated rings. The van der Waals surface area contributed by atoms with Crippen LogP contribution in [0.5, 0.6) is 5.75 Å². The van der Waals surface area contributed by atoms with Crippen LogP contribution in [0.2, 0.25) is 0 Å². The molecule has 4 heteroatoms. The quantitative estimate of drug-likeness (QED) is 0.816. The maximum absolute atomic E-state index is 8.75. The number of halogens is 1. The lowest BCUT2D eigenvalue weighted by Crippen LogP contribution is -2.21. The predicted molar refractivity (Wildman–Crippen MR) is 67.5 cm³/mol. The number of nitrogens with zero attached hydrogens (tertiary/aromatic N) is 1. The summed E-state index contributed by atoms with van der Waals surface area (Å²) < 4.78 is 6.30. The summed E-state index contributed by atoms with van der Waals surface area (Å²) in [6.45, 7) is 4.62. The van der Waals surface area contributed by atoms with Gasteiger partial charge in [0.1, 0.15) is 18.4 Å². The SMILES string of the molecule is CCCNCCOc1ccc(C#N)c(Br)c1. The van der Waals surface area contributed by atoms with Crippen LogP contribution in [0.4, 0.5) is 0 Å². The first-order valence-corrected chi connectivity index (χ1v) is 6.10. The van der Waals surface area contributed by atoms with E-state index in [1.54, 1.807) is 6.07 Å². The largest absolute Gasteiger partial charge is 0.492 e. The van der Waals surface area contributed by atoms with Gasteiger partial charge in [-0.05, 0) is 47.1 Å². The van der Waals surface area contributed by atoms with Crippen molar-refractivity contribution in [1.82, 2.24) is 5.32 Å². The van der Waals surface area contributed by atoms with Gasteiger partial charge in [0, 0.05) is 11.0 Å². The minimum Gasteiger partial charge on any atom is -0.492 e. The molecule has 0 aliphatic rings. The van der Waals surface area contributed by atoms with Crippen LogP contribution in [-0.2, 0) is 0 Å². The Labute approximate surface area is 105 Å². The second-order valence-corrected chi connectivity index (χ2v) is 4.21. The van der Waals surface area contributed by atoms with E-state index in [0.717, 1.165) is 29.7 Å². The summed E-state index contributed by atoms with van der Waals surface area (Å²) in [4.78, 5) is 0. The Kier molecular flexibility index (Phi) is 5.91. The molecule has 0 atom stereocenters. The molecule has 0 aromatic heterocycles. The van der Waals surface area contributed by atoms with Gasteiger partial charge in [-0.25, -0.2) is 0 Å². The molecular weight excluding hydrogens is 268 g/mol. The third-order valence-corrected chi connectivity index (χ3v) is 2.69. The van der Waals surface area contributed by atoms with Crippen molar-refractivity contribution in [1.29, 1.82) is 5.26 Å². The van der Waals surface area contributed by atoms with Gasteiger partial charge in [0.2, 0.25) is 0 Å². The molecule has 0 radical (unpaired) electrons. The molecule has 3 nitrogen and oxygen atoms in total. The van der Waals surface area contributed by atoms with Crippen LogP contribution in [0, 0.1) is 11.3 Å². The predicted octanol–water partition coefficient (Wildman–Crippen LogP) is 2.70. The second kappa shape index (κ2) is 7.26. The summed E-state index contributed by atoms with van der Waals surface area (Å²) in [5.41, 5.74) is 0.622. The Morgan fingerprint density at radius 1 is 1.44 bits per heavy atom. The average molecular weight is 283 g/mol. The fraction of sp³-hybridized carbons (Fsp3) is 0.417. The number of rotatable bonds is 6. The van der Waals surface area contributed by atoms with Crippen molar-refractivity contribution in [3.63, 3.8) is 0 Å². The Morgan fingerprint density at radius 3 is 2.88 bits per heavy atom. The fourth-order valence-corrected chi connectivity index (χ4v) is 1.67.